The van der Waals surface area contributed by atoms with Crippen molar-refractivity contribution in [2.24, 2.45) is 0 Å². The number of rotatable bonds is 3. The van der Waals surface area contributed by atoms with Gasteiger partial charge in [0.05, 0.1) is 22.4 Å². The standard InChI is InChI=1S/C16H12Cl2O2/c17-13-6-5-10(7-14(13)18)8-15(19)12-9-20-16-4-2-1-3-11(12)16/h1-7,9,15,19H,8H2. The van der Waals surface area contributed by atoms with E-state index >= 15 is 0 Å². The van der Waals surface area contributed by atoms with Crippen LogP contribution in [0, 0.1) is 0 Å². The van der Waals surface area contributed by atoms with Crippen molar-refractivity contribution in [3.63, 3.8) is 0 Å². The molecule has 0 aliphatic rings. The highest BCUT2D eigenvalue weighted by atomic mass is 35.5. The minimum absolute atomic E-state index is 0.459. The molecule has 2 nitrogen and oxygen atoms in total. The summed E-state index contributed by atoms with van der Waals surface area (Å²) < 4.78 is 5.44. The van der Waals surface area contributed by atoms with Gasteiger partial charge in [-0.1, -0.05) is 47.5 Å². The fourth-order valence-electron chi connectivity index (χ4n) is 2.26. The van der Waals surface area contributed by atoms with Crippen LogP contribution in [0.1, 0.15) is 17.2 Å². The fraction of sp³-hybridized carbons (Fsp3) is 0.125. The predicted octanol–water partition coefficient (Wildman–Crippen LogP) is 5.02. The highest BCUT2D eigenvalue weighted by Crippen LogP contribution is 2.30. The minimum Gasteiger partial charge on any atom is -0.464 e. The van der Waals surface area contributed by atoms with E-state index in [0.29, 0.717) is 16.5 Å². The zero-order valence-electron chi connectivity index (χ0n) is 10.5. The zero-order valence-corrected chi connectivity index (χ0v) is 12.0. The molecule has 4 heteroatoms. The summed E-state index contributed by atoms with van der Waals surface area (Å²) in [5.74, 6) is 0. The molecule has 0 spiro atoms. The second kappa shape index (κ2) is 5.49. The van der Waals surface area contributed by atoms with E-state index in [1.54, 1.807) is 18.4 Å². The highest BCUT2D eigenvalue weighted by molar-refractivity contribution is 6.42. The molecule has 1 heterocycles. The molecule has 0 aliphatic heterocycles. The van der Waals surface area contributed by atoms with Crippen LogP contribution in [0.15, 0.2) is 53.1 Å². The lowest BCUT2D eigenvalue weighted by Gasteiger charge is -2.10. The maximum Gasteiger partial charge on any atom is 0.134 e. The molecule has 0 saturated carbocycles. The zero-order chi connectivity index (χ0) is 14.1. The molecule has 0 amide bonds. The molecule has 0 bridgehead atoms. The van der Waals surface area contributed by atoms with Gasteiger partial charge in [0.15, 0.2) is 0 Å². The summed E-state index contributed by atoms with van der Waals surface area (Å²) in [6.45, 7) is 0. The summed E-state index contributed by atoms with van der Waals surface area (Å²) in [6, 6.07) is 13.0. The number of hydrogen-bond acceptors (Lipinski definition) is 2. The Kier molecular flexibility index (Phi) is 3.70. The average Bonchev–Trinajstić information content (AvgIpc) is 2.87. The largest absolute Gasteiger partial charge is 0.464 e. The van der Waals surface area contributed by atoms with Gasteiger partial charge in [-0.25, -0.2) is 0 Å². The summed E-state index contributed by atoms with van der Waals surface area (Å²) in [4.78, 5) is 0. The topological polar surface area (TPSA) is 33.4 Å². The Morgan fingerprint density at radius 2 is 1.85 bits per heavy atom. The SMILES string of the molecule is OC(Cc1ccc(Cl)c(Cl)c1)c1coc2ccccc12. The highest BCUT2D eigenvalue weighted by Gasteiger charge is 2.15. The van der Waals surface area contributed by atoms with E-state index in [-0.39, 0.29) is 0 Å². The Balaban J connectivity index is 1.89. The second-order valence-corrected chi connectivity index (χ2v) is 5.47. The van der Waals surface area contributed by atoms with E-state index < -0.39 is 6.10 Å². The maximum atomic E-state index is 10.4. The van der Waals surface area contributed by atoms with Crippen molar-refractivity contribution in [3.05, 3.63) is 69.9 Å². The van der Waals surface area contributed by atoms with Crippen molar-refractivity contribution in [2.45, 2.75) is 12.5 Å². The van der Waals surface area contributed by atoms with Crippen molar-refractivity contribution < 1.29 is 9.52 Å². The monoisotopic (exact) mass is 306 g/mol. The molecule has 3 aromatic rings. The van der Waals surface area contributed by atoms with E-state index in [2.05, 4.69) is 0 Å². The van der Waals surface area contributed by atoms with E-state index in [0.717, 1.165) is 22.1 Å². The fourth-order valence-corrected chi connectivity index (χ4v) is 2.58. The number of furan rings is 1. The molecule has 3 rings (SSSR count). The number of halogens is 2. The molecular formula is C16H12Cl2O2. The summed E-state index contributed by atoms with van der Waals surface area (Å²) >= 11 is 11.9. The molecule has 0 saturated heterocycles. The average molecular weight is 307 g/mol. The number of fused-ring (bicyclic) bond motifs is 1. The third-order valence-corrected chi connectivity index (χ3v) is 4.02. The molecule has 0 aliphatic carbocycles. The van der Waals surface area contributed by atoms with Crippen molar-refractivity contribution in [3.8, 4) is 0 Å². The van der Waals surface area contributed by atoms with Gasteiger partial charge >= 0.3 is 0 Å². The smallest absolute Gasteiger partial charge is 0.134 e. The van der Waals surface area contributed by atoms with Gasteiger partial charge in [-0.05, 0) is 23.8 Å². The number of benzene rings is 2. The van der Waals surface area contributed by atoms with Gasteiger partial charge in [0.1, 0.15) is 5.58 Å². The van der Waals surface area contributed by atoms with Gasteiger partial charge in [0.25, 0.3) is 0 Å². The molecule has 0 fully saturated rings. The van der Waals surface area contributed by atoms with Crippen LogP contribution in [-0.4, -0.2) is 5.11 Å². The Morgan fingerprint density at radius 3 is 2.65 bits per heavy atom. The first-order valence-corrected chi connectivity index (χ1v) is 6.99. The lowest BCUT2D eigenvalue weighted by Crippen LogP contribution is -2.01. The van der Waals surface area contributed by atoms with Gasteiger partial charge in [0.2, 0.25) is 0 Å². The van der Waals surface area contributed by atoms with Crippen LogP contribution < -0.4 is 0 Å². The van der Waals surface area contributed by atoms with Crippen molar-refractivity contribution >= 4 is 34.2 Å². The first kappa shape index (κ1) is 13.5. The number of para-hydroxylation sites is 1. The van der Waals surface area contributed by atoms with Gasteiger partial charge in [-0.3, -0.25) is 0 Å². The van der Waals surface area contributed by atoms with Gasteiger partial charge in [-0.15, -0.1) is 0 Å². The quantitative estimate of drug-likeness (QED) is 0.737. The van der Waals surface area contributed by atoms with Crippen LogP contribution >= 0.6 is 23.2 Å². The third kappa shape index (κ3) is 2.55. The summed E-state index contributed by atoms with van der Waals surface area (Å²) in [7, 11) is 0. The summed E-state index contributed by atoms with van der Waals surface area (Å²) in [5.41, 5.74) is 2.49. The normalized spacial score (nSPS) is 12.8. The number of aliphatic hydroxyl groups excluding tert-OH is 1. The molecule has 1 N–H and O–H groups in total. The van der Waals surface area contributed by atoms with E-state index in [9.17, 15) is 5.11 Å². The Morgan fingerprint density at radius 1 is 1.05 bits per heavy atom. The van der Waals surface area contributed by atoms with Crippen LogP contribution in [0.4, 0.5) is 0 Å². The Labute approximate surface area is 126 Å². The van der Waals surface area contributed by atoms with Crippen LogP contribution in [0.3, 0.4) is 0 Å². The Hall–Kier alpha value is -1.48. The van der Waals surface area contributed by atoms with Crippen molar-refractivity contribution in [2.75, 3.05) is 0 Å². The Bertz CT molecular complexity index is 749. The summed E-state index contributed by atoms with van der Waals surface area (Å²) in [5, 5.41) is 12.3. The molecule has 1 atom stereocenters. The van der Waals surface area contributed by atoms with E-state index in [1.807, 2.05) is 30.3 Å². The molecule has 20 heavy (non-hydrogen) atoms. The summed E-state index contributed by atoms with van der Waals surface area (Å²) in [6.07, 6.45) is 1.42. The molecule has 1 aromatic heterocycles. The maximum absolute atomic E-state index is 10.4. The van der Waals surface area contributed by atoms with Crippen molar-refractivity contribution in [1.29, 1.82) is 0 Å². The molecule has 0 radical (unpaired) electrons. The van der Waals surface area contributed by atoms with Gasteiger partial charge in [0, 0.05) is 17.4 Å². The molecule has 1 unspecified atom stereocenters. The molecule has 102 valence electrons. The molecular weight excluding hydrogens is 295 g/mol. The minimum atomic E-state index is -0.643. The van der Waals surface area contributed by atoms with Gasteiger partial charge in [-0.2, -0.15) is 0 Å². The van der Waals surface area contributed by atoms with E-state index in [1.165, 1.54) is 0 Å². The lowest BCUT2D eigenvalue weighted by atomic mass is 10.0. The third-order valence-electron chi connectivity index (χ3n) is 3.28. The van der Waals surface area contributed by atoms with E-state index in [4.69, 9.17) is 27.6 Å². The van der Waals surface area contributed by atoms with Crippen LogP contribution in [0.2, 0.25) is 10.0 Å². The van der Waals surface area contributed by atoms with Gasteiger partial charge < -0.3 is 9.52 Å². The first-order valence-electron chi connectivity index (χ1n) is 6.23. The second-order valence-electron chi connectivity index (χ2n) is 4.66. The predicted molar refractivity (Wildman–Crippen MR) is 81.3 cm³/mol. The first-order chi connectivity index (χ1) is 9.65. The number of hydrogen-bond donors (Lipinski definition) is 1. The van der Waals surface area contributed by atoms with Crippen LogP contribution in [-0.2, 0) is 6.42 Å². The number of aliphatic hydroxyl groups is 1. The molecule has 2 aromatic carbocycles. The van der Waals surface area contributed by atoms with Crippen LogP contribution in [0.25, 0.3) is 11.0 Å². The van der Waals surface area contributed by atoms with Crippen LogP contribution in [0.5, 0.6) is 0 Å². The lowest BCUT2D eigenvalue weighted by molar-refractivity contribution is 0.179. The van der Waals surface area contributed by atoms with Crippen molar-refractivity contribution in [1.82, 2.24) is 0 Å².